The first-order chi connectivity index (χ1) is 14.7. The molecule has 0 saturated heterocycles. The van der Waals surface area contributed by atoms with Crippen LogP contribution in [0.4, 0.5) is 10.1 Å². The summed E-state index contributed by atoms with van der Waals surface area (Å²) in [6, 6.07) is 13.6. The number of amides is 2. The van der Waals surface area contributed by atoms with Gasteiger partial charge >= 0.3 is 5.97 Å². The van der Waals surface area contributed by atoms with Gasteiger partial charge in [0.1, 0.15) is 5.82 Å². The van der Waals surface area contributed by atoms with Crippen LogP contribution < -0.4 is 11.1 Å². The molecule has 0 aliphatic carbocycles. The van der Waals surface area contributed by atoms with Gasteiger partial charge in [-0.25, -0.2) is 9.18 Å². The molecule has 3 rings (SSSR count). The zero-order valence-corrected chi connectivity index (χ0v) is 17.3. The summed E-state index contributed by atoms with van der Waals surface area (Å²) >= 11 is 0. The summed E-state index contributed by atoms with van der Waals surface area (Å²) in [7, 11) is 0. The number of esters is 1. The van der Waals surface area contributed by atoms with Crippen LogP contribution in [0.15, 0.2) is 54.6 Å². The summed E-state index contributed by atoms with van der Waals surface area (Å²) in [5.41, 5.74) is 8.34. The third-order valence-electron chi connectivity index (χ3n) is 4.83. The highest BCUT2D eigenvalue weighted by Crippen LogP contribution is 2.22. The molecule has 1 aromatic heterocycles. The molecule has 0 aliphatic heterocycles. The molecule has 1 heterocycles. The van der Waals surface area contributed by atoms with E-state index >= 15 is 0 Å². The third kappa shape index (κ3) is 4.80. The van der Waals surface area contributed by atoms with E-state index in [2.05, 4.69) is 5.32 Å². The number of carbonyl (C=O) groups is 3. The molecule has 2 aromatic carbocycles. The van der Waals surface area contributed by atoms with Gasteiger partial charge in [0.05, 0.1) is 5.56 Å². The van der Waals surface area contributed by atoms with Crippen LogP contribution >= 0.6 is 0 Å². The van der Waals surface area contributed by atoms with Crippen molar-refractivity contribution in [1.29, 1.82) is 0 Å². The monoisotopic (exact) mass is 423 g/mol. The Morgan fingerprint density at radius 1 is 1.03 bits per heavy atom. The van der Waals surface area contributed by atoms with Crippen molar-refractivity contribution in [3.05, 3.63) is 82.9 Å². The van der Waals surface area contributed by atoms with Crippen molar-refractivity contribution in [3.63, 3.8) is 0 Å². The number of carbonyl (C=O) groups excluding carboxylic acids is 3. The second-order valence-electron chi connectivity index (χ2n) is 7.08. The van der Waals surface area contributed by atoms with Crippen LogP contribution in [0, 0.1) is 19.7 Å². The van der Waals surface area contributed by atoms with Crippen LogP contribution in [0.25, 0.3) is 5.69 Å². The van der Waals surface area contributed by atoms with E-state index < -0.39 is 23.9 Å². The van der Waals surface area contributed by atoms with Crippen molar-refractivity contribution in [2.75, 3.05) is 5.32 Å². The van der Waals surface area contributed by atoms with Crippen LogP contribution in [-0.4, -0.2) is 28.5 Å². The van der Waals surface area contributed by atoms with Crippen molar-refractivity contribution < 1.29 is 23.5 Å². The fourth-order valence-corrected chi connectivity index (χ4v) is 3.20. The van der Waals surface area contributed by atoms with Crippen molar-refractivity contribution in [3.8, 4) is 5.69 Å². The predicted molar refractivity (Wildman–Crippen MR) is 114 cm³/mol. The highest BCUT2D eigenvalue weighted by atomic mass is 19.1. The minimum absolute atomic E-state index is 0.312. The Labute approximate surface area is 178 Å². The number of nitrogens with zero attached hydrogens (tertiary/aromatic N) is 1. The number of aryl methyl sites for hydroxylation is 1. The zero-order valence-electron chi connectivity index (χ0n) is 17.3. The summed E-state index contributed by atoms with van der Waals surface area (Å²) in [5.74, 6) is -2.09. The number of hydrogen-bond acceptors (Lipinski definition) is 4. The fraction of sp³-hybridized carbons (Fsp3) is 0.174. The Morgan fingerprint density at radius 3 is 2.23 bits per heavy atom. The number of hydrogen-bond donors (Lipinski definition) is 2. The van der Waals surface area contributed by atoms with Crippen molar-refractivity contribution >= 4 is 23.5 Å². The first-order valence-corrected chi connectivity index (χ1v) is 9.54. The van der Waals surface area contributed by atoms with E-state index in [-0.39, 0.29) is 5.82 Å². The van der Waals surface area contributed by atoms with Gasteiger partial charge in [-0.05, 0) is 75.4 Å². The average Bonchev–Trinajstić information content (AvgIpc) is 3.03. The molecule has 160 valence electrons. The number of primary amides is 1. The summed E-state index contributed by atoms with van der Waals surface area (Å²) in [5, 5.41) is 2.62. The fourth-order valence-electron chi connectivity index (χ4n) is 3.20. The van der Waals surface area contributed by atoms with Gasteiger partial charge in [0.2, 0.25) is 5.91 Å². The smallest absolute Gasteiger partial charge is 0.340 e. The molecule has 1 atom stereocenters. The van der Waals surface area contributed by atoms with Crippen molar-refractivity contribution in [2.24, 2.45) is 5.73 Å². The maximum absolute atomic E-state index is 13.2. The molecule has 0 fully saturated rings. The maximum atomic E-state index is 13.2. The third-order valence-corrected chi connectivity index (χ3v) is 4.83. The zero-order chi connectivity index (χ0) is 22.7. The molecule has 2 amide bonds. The number of benzene rings is 2. The van der Waals surface area contributed by atoms with Gasteiger partial charge in [0.15, 0.2) is 6.10 Å². The number of nitrogens with two attached hydrogens (primary N) is 1. The molecular weight excluding hydrogens is 401 g/mol. The number of rotatable bonds is 6. The normalized spacial score (nSPS) is 11.6. The highest BCUT2D eigenvalue weighted by Gasteiger charge is 2.23. The van der Waals surface area contributed by atoms with Gasteiger partial charge in [0.25, 0.3) is 5.91 Å². The number of ether oxygens (including phenoxy) is 1. The number of aromatic nitrogens is 1. The van der Waals surface area contributed by atoms with Crippen LogP contribution in [0.5, 0.6) is 0 Å². The largest absolute Gasteiger partial charge is 0.449 e. The van der Waals surface area contributed by atoms with E-state index in [0.717, 1.165) is 5.69 Å². The molecule has 3 aromatic rings. The highest BCUT2D eigenvalue weighted by molar-refractivity contribution is 5.98. The van der Waals surface area contributed by atoms with E-state index in [1.54, 1.807) is 29.7 Å². The van der Waals surface area contributed by atoms with Crippen molar-refractivity contribution in [2.45, 2.75) is 26.9 Å². The lowest BCUT2D eigenvalue weighted by Crippen LogP contribution is -2.30. The Kier molecular flexibility index (Phi) is 6.20. The molecule has 0 saturated carbocycles. The van der Waals surface area contributed by atoms with Gasteiger partial charge in [-0.1, -0.05) is 0 Å². The first kappa shape index (κ1) is 21.8. The summed E-state index contributed by atoms with van der Waals surface area (Å²) < 4.78 is 20.4. The van der Waals surface area contributed by atoms with Crippen LogP contribution in [0.3, 0.4) is 0 Å². The molecule has 3 N–H and O–H groups in total. The minimum Gasteiger partial charge on any atom is -0.449 e. The number of nitrogens with one attached hydrogen (secondary N) is 1. The van der Waals surface area contributed by atoms with E-state index in [1.807, 2.05) is 6.92 Å². The van der Waals surface area contributed by atoms with Gasteiger partial charge in [-0.3, -0.25) is 9.59 Å². The number of halogens is 1. The molecule has 1 unspecified atom stereocenters. The minimum atomic E-state index is -1.06. The quantitative estimate of drug-likeness (QED) is 0.592. The molecular formula is C23H22FN3O4. The topological polar surface area (TPSA) is 103 Å². The number of anilines is 1. The van der Waals surface area contributed by atoms with E-state index in [1.165, 1.54) is 43.3 Å². The Hall–Kier alpha value is -3.94. The second-order valence-corrected chi connectivity index (χ2v) is 7.08. The predicted octanol–water partition coefficient (Wildman–Crippen LogP) is 3.52. The van der Waals surface area contributed by atoms with Gasteiger partial charge < -0.3 is 20.4 Å². The Balaban J connectivity index is 1.70. The van der Waals surface area contributed by atoms with E-state index in [9.17, 15) is 18.8 Å². The Morgan fingerprint density at radius 2 is 1.65 bits per heavy atom. The summed E-state index contributed by atoms with van der Waals surface area (Å²) in [4.78, 5) is 36.2. The SMILES string of the molecule is Cc1cc(C(=O)OC(C)C(=O)Nc2ccc(C(N)=O)cc2)c(C)n1-c1ccc(F)cc1. The molecule has 0 bridgehead atoms. The second kappa shape index (κ2) is 8.83. The molecule has 0 radical (unpaired) electrons. The van der Waals surface area contributed by atoms with Crippen molar-refractivity contribution in [1.82, 2.24) is 4.57 Å². The molecule has 0 aliphatic rings. The molecule has 0 spiro atoms. The van der Waals surface area contributed by atoms with Crippen LogP contribution in [0.2, 0.25) is 0 Å². The lowest BCUT2D eigenvalue weighted by Gasteiger charge is -2.14. The molecule has 31 heavy (non-hydrogen) atoms. The Bertz CT molecular complexity index is 1130. The lowest BCUT2D eigenvalue weighted by molar-refractivity contribution is -0.123. The van der Waals surface area contributed by atoms with Crippen LogP contribution in [-0.2, 0) is 9.53 Å². The first-order valence-electron chi connectivity index (χ1n) is 9.54. The van der Waals surface area contributed by atoms with E-state index in [4.69, 9.17) is 10.5 Å². The van der Waals surface area contributed by atoms with Gasteiger partial charge in [-0.2, -0.15) is 0 Å². The molecule has 7 nitrogen and oxygen atoms in total. The van der Waals surface area contributed by atoms with E-state index in [0.29, 0.717) is 28.2 Å². The summed E-state index contributed by atoms with van der Waals surface area (Å²) in [6.45, 7) is 5.03. The average molecular weight is 423 g/mol. The van der Waals surface area contributed by atoms with Gasteiger partial charge in [-0.15, -0.1) is 0 Å². The lowest BCUT2D eigenvalue weighted by atomic mass is 10.2. The van der Waals surface area contributed by atoms with Crippen LogP contribution in [0.1, 0.15) is 39.0 Å². The molecule has 8 heteroatoms. The standard InChI is InChI=1S/C23H22FN3O4/c1-13-12-20(14(2)27(13)19-10-6-17(24)7-11-19)23(30)31-15(3)22(29)26-18-8-4-16(5-9-18)21(25)28/h4-12,15H,1-3H3,(H2,25,28)(H,26,29). The maximum Gasteiger partial charge on any atom is 0.340 e. The van der Waals surface area contributed by atoms with Gasteiger partial charge in [0, 0.05) is 28.3 Å². The summed E-state index contributed by atoms with van der Waals surface area (Å²) in [6.07, 6.45) is -1.06.